The summed E-state index contributed by atoms with van der Waals surface area (Å²) in [6.07, 6.45) is -0.357. The van der Waals surface area contributed by atoms with Gasteiger partial charge < -0.3 is 38.1 Å². The monoisotopic (exact) mass is 326 g/mol. The second-order valence-corrected chi connectivity index (χ2v) is 4.25. The minimum Gasteiger partial charge on any atom is -1.00 e. The lowest BCUT2D eigenvalue weighted by atomic mass is 10.5. The molecule has 0 aromatic heterocycles. The summed E-state index contributed by atoms with van der Waals surface area (Å²) in [5.74, 6) is 5.74. The Kier molecular flexibility index (Phi) is 8.77. The predicted molar refractivity (Wildman–Crippen MR) is 55.7 cm³/mol. The Bertz CT molecular complexity index is 248. The summed E-state index contributed by atoms with van der Waals surface area (Å²) in [7, 11) is 9.45. The molecule has 1 amide bonds. The van der Waals surface area contributed by atoms with Gasteiger partial charge in [0.2, 0.25) is 0 Å². The number of halogens is 1. The van der Waals surface area contributed by atoms with Crippen LogP contribution in [0.1, 0.15) is 0 Å². The van der Waals surface area contributed by atoms with Crippen LogP contribution in [0.4, 0.5) is 4.79 Å². The van der Waals surface area contributed by atoms with E-state index in [-0.39, 0.29) is 36.7 Å². The SMILES string of the molecule is CN(C)C(=O)OCC#CC[N+](C)(C)C.[I-]. The summed E-state index contributed by atoms with van der Waals surface area (Å²) in [6.45, 7) is 0.913. The van der Waals surface area contributed by atoms with Crippen LogP contribution in [-0.4, -0.2) is 63.9 Å². The number of nitrogens with zero attached hydrogens (tertiary/aromatic N) is 2. The molecule has 0 radical (unpaired) electrons. The largest absolute Gasteiger partial charge is 1.00 e. The molecule has 0 aliphatic heterocycles. The van der Waals surface area contributed by atoms with Gasteiger partial charge in [-0.25, -0.2) is 4.79 Å². The summed E-state index contributed by atoms with van der Waals surface area (Å²) in [4.78, 5) is 12.3. The Labute approximate surface area is 109 Å². The molecule has 0 spiro atoms. The van der Waals surface area contributed by atoms with Gasteiger partial charge in [-0.1, -0.05) is 5.92 Å². The van der Waals surface area contributed by atoms with Gasteiger partial charge in [-0.3, -0.25) is 0 Å². The first-order valence-electron chi connectivity index (χ1n) is 4.43. The van der Waals surface area contributed by atoms with Crippen LogP contribution in [0, 0.1) is 11.8 Å². The second kappa shape index (κ2) is 7.77. The molecule has 15 heavy (non-hydrogen) atoms. The minimum absolute atomic E-state index is 0. The molecule has 0 aromatic rings. The Hall–Kier alpha value is -0.480. The van der Waals surface area contributed by atoms with Gasteiger partial charge in [-0.2, -0.15) is 0 Å². The molecule has 0 heterocycles. The van der Waals surface area contributed by atoms with Crippen LogP contribution in [0.15, 0.2) is 0 Å². The molecule has 0 unspecified atom stereocenters. The maximum Gasteiger partial charge on any atom is 0.410 e. The minimum atomic E-state index is -0.357. The zero-order chi connectivity index (χ0) is 11.2. The highest BCUT2D eigenvalue weighted by Crippen LogP contribution is 1.87. The molecular weight excluding hydrogens is 307 g/mol. The highest BCUT2D eigenvalue weighted by atomic mass is 127. The van der Waals surface area contributed by atoms with Crippen molar-refractivity contribution >= 4 is 6.09 Å². The van der Waals surface area contributed by atoms with Gasteiger partial charge in [-0.05, 0) is 5.92 Å². The molecular formula is C10H19IN2O2. The maximum atomic E-state index is 10.9. The van der Waals surface area contributed by atoms with Gasteiger partial charge in [0, 0.05) is 14.1 Å². The highest BCUT2D eigenvalue weighted by Gasteiger charge is 2.03. The van der Waals surface area contributed by atoms with Gasteiger partial charge in [0.15, 0.2) is 6.61 Å². The van der Waals surface area contributed by atoms with E-state index in [1.165, 1.54) is 4.90 Å². The van der Waals surface area contributed by atoms with Crippen LogP contribution in [0.25, 0.3) is 0 Å². The first-order chi connectivity index (χ1) is 6.33. The number of hydrogen-bond acceptors (Lipinski definition) is 2. The smallest absolute Gasteiger partial charge is 0.410 e. The van der Waals surface area contributed by atoms with Crippen molar-refractivity contribution in [2.75, 3.05) is 48.4 Å². The van der Waals surface area contributed by atoms with Gasteiger partial charge in [0.25, 0.3) is 0 Å². The molecule has 0 saturated carbocycles. The summed E-state index contributed by atoms with van der Waals surface area (Å²) in [5, 5.41) is 0. The third-order valence-corrected chi connectivity index (χ3v) is 1.31. The van der Waals surface area contributed by atoms with Crippen LogP contribution < -0.4 is 24.0 Å². The predicted octanol–water partition coefficient (Wildman–Crippen LogP) is -2.60. The van der Waals surface area contributed by atoms with E-state index in [4.69, 9.17) is 4.74 Å². The van der Waals surface area contributed by atoms with Gasteiger partial charge in [0.05, 0.1) is 21.1 Å². The molecule has 0 N–H and O–H groups in total. The summed E-state index contributed by atoms with van der Waals surface area (Å²) >= 11 is 0. The van der Waals surface area contributed by atoms with Crippen molar-refractivity contribution in [1.82, 2.24) is 4.90 Å². The van der Waals surface area contributed by atoms with Crippen molar-refractivity contribution in [2.24, 2.45) is 0 Å². The van der Waals surface area contributed by atoms with Gasteiger partial charge in [0.1, 0.15) is 6.54 Å². The van der Waals surface area contributed by atoms with Crippen molar-refractivity contribution in [3.05, 3.63) is 0 Å². The van der Waals surface area contributed by atoms with E-state index in [9.17, 15) is 4.79 Å². The second-order valence-electron chi connectivity index (χ2n) is 4.25. The van der Waals surface area contributed by atoms with Crippen molar-refractivity contribution in [3.8, 4) is 11.8 Å². The molecule has 5 heteroatoms. The highest BCUT2D eigenvalue weighted by molar-refractivity contribution is 5.66. The lowest BCUT2D eigenvalue weighted by Crippen LogP contribution is -3.00. The van der Waals surface area contributed by atoms with Gasteiger partial charge in [-0.15, -0.1) is 0 Å². The van der Waals surface area contributed by atoms with Crippen molar-refractivity contribution in [3.63, 3.8) is 0 Å². The lowest BCUT2D eigenvalue weighted by Gasteiger charge is -2.20. The topological polar surface area (TPSA) is 29.5 Å². The first-order valence-corrected chi connectivity index (χ1v) is 4.43. The number of carbonyl (C=O) groups is 1. The van der Waals surface area contributed by atoms with E-state index >= 15 is 0 Å². The average Bonchev–Trinajstić information content (AvgIpc) is 2.01. The molecule has 0 fully saturated rings. The molecule has 0 atom stereocenters. The Morgan fingerprint density at radius 3 is 2.20 bits per heavy atom. The molecule has 0 bridgehead atoms. The van der Waals surface area contributed by atoms with Crippen LogP contribution in [0.3, 0.4) is 0 Å². The Balaban J connectivity index is 0. The van der Waals surface area contributed by atoms with Crippen molar-refractivity contribution < 1.29 is 38.0 Å². The molecule has 0 rings (SSSR count). The standard InChI is InChI=1S/C10H19N2O2.HI/c1-11(2)10(13)14-9-7-6-8-12(3,4)5;/h8-9H2,1-5H3;1H/q+1;/p-1. The molecule has 0 aromatic carbocycles. The fourth-order valence-corrected chi connectivity index (χ4v) is 0.571. The summed E-state index contributed by atoms with van der Waals surface area (Å²) in [6, 6.07) is 0. The maximum absolute atomic E-state index is 10.9. The fourth-order valence-electron chi connectivity index (χ4n) is 0.571. The van der Waals surface area contributed by atoms with E-state index in [2.05, 4.69) is 33.0 Å². The first kappa shape index (κ1) is 16.9. The lowest BCUT2D eigenvalue weighted by molar-refractivity contribution is -0.862. The number of rotatable bonds is 2. The zero-order valence-corrected chi connectivity index (χ0v) is 12.2. The zero-order valence-electron chi connectivity index (χ0n) is 10.0. The van der Waals surface area contributed by atoms with E-state index in [0.717, 1.165) is 11.0 Å². The van der Waals surface area contributed by atoms with Crippen LogP contribution >= 0.6 is 0 Å². The summed E-state index contributed by atoms with van der Waals surface area (Å²) in [5.41, 5.74) is 0. The third kappa shape index (κ3) is 11.4. The molecule has 0 aliphatic carbocycles. The number of ether oxygens (including phenoxy) is 1. The van der Waals surface area contributed by atoms with Crippen molar-refractivity contribution in [1.29, 1.82) is 0 Å². The van der Waals surface area contributed by atoms with Crippen molar-refractivity contribution in [2.45, 2.75) is 0 Å². The van der Waals surface area contributed by atoms with Crippen LogP contribution in [0.5, 0.6) is 0 Å². The number of amides is 1. The summed E-state index contributed by atoms with van der Waals surface area (Å²) < 4.78 is 5.61. The van der Waals surface area contributed by atoms with E-state index in [0.29, 0.717) is 0 Å². The normalized spacial score (nSPS) is 9.40. The van der Waals surface area contributed by atoms with Crippen LogP contribution in [0.2, 0.25) is 0 Å². The number of quaternary nitrogens is 1. The number of hydrogen-bond donors (Lipinski definition) is 0. The molecule has 0 saturated heterocycles. The van der Waals surface area contributed by atoms with E-state index in [1.54, 1.807) is 14.1 Å². The number of carbonyl (C=O) groups excluding carboxylic acids is 1. The fraction of sp³-hybridized carbons (Fsp3) is 0.700. The van der Waals surface area contributed by atoms with Gasteiger partial charge >= 0.3 is 6.09 Å². The quantitative estimate of drug-likeness (QED) is 0.316. The molecule has 88 valence electrons. The average molecular weight is 326 g/mol. The third-order valence-electron chi connectivity index (χ3n) is 1.31. The van der Waals surface area contributed by atoms with E-state index < -0.39 is 0 Å². The Morgan fingerprint density at radius 1 is 1.27 bits per heavy atom. The van der Waals surface area contributed by atoms with Crippen LogP contribution in [-0.2, 0) is 4.74 Å². The molecule has 0 aliphatic rings. The Morgan fingerprint density at radius 2 is 1.80 bits per heavy atom. The molecule has 4 nitrogen and oxygen atoms in total. The van der Waals surface area contributed by atoms with E-state index in [1.807, 2.05) is 0 Å².